The van der Waals surface area contributed by atoms with Gasteiger partial charge in [0.25, 0.3) is 0 Å². The highest BCUT2D eigenvalue weighted by Crippen LogP contribution is 2.31. The molecule has 3 rings (SSSR count). The van der Waals surface area contributed by atoms with Gasteiger partial charge in [0, 0.05) is 5.69 Å². The average Bonchev–Trinajstić information content (AvgIpc) is 2.85. The molecule has 0 spiro atoms. The molecule has 1 unspecified atom stereocenters. The Kier molecular flexibility index (Phi) is 3.29. The molecule has 21 heavy (non-hydrogen) atoms. The molecule has 0 amide bonds. The van der Waals surface area contributed by atoms with Gasteiger partial charge in [-0.15, -0.1) is 0 Å². The first kappa shape index (κ1) is 13.5. The van der Waals surface area contributed by atoms with Crippen LogP contribution in [0.3, 0.4) is 0 Å². The maximum atomic E-state index is 13.4. The van der Waals surface area contributed by atoms with Crippen molar-refractivity contribution in [2.75, 3.05) is 11.4 Å². The lowest BCUT2D eigenvalue weighted by molar-refractivity contribution is 0.505. The van der Waals surface area contributed by atoms with Crippen LogP contribution in [0.1, 0.15) is 11.6 Å². The lowest BCUT2D eigenvalue weighted by atomic mass is 10.1. The predicted molar refractivity (Wildman–Crippen MR) is 74.5 cm³/mol. The van der Waals surface area contributed by atoms with E-state index < -0.39 is 11.6 Å². The summed E-state index contributed by atoms with van der Waals surface area (Å²) < 4.78 is 39.5. The third kappa shape index (κ3) is 2.44. The van der Waals surface area contributed by atoms with Crippen molar-refractivity contribution in [1.29, 1.82) is 0 Å². The molecule has 1 aliphatic heterocycles. The Morgan fingerprint density at radius 3 is 2.38 bits per heavy atom. The summed E-state index contributed by atoms with van der Waals surface area (Å²) in [4.78, 5) is 5.81. The molecule has 2 aromatic carbocycles. The Morgan fingerprint density at radius 1 is 1.00 bits per heavy atom. The summed E-state index contributed by atoms with van der Waals surface area (Å²) in [7, 11) is 0. The Bertz CT molecular complexity index is 698. The quantitative estimate of drug-likeness (QED) is 0.924. The van der Waals surface area contributed by atoms with E-state index in [0.29, 0.717) is 17.8 Å². The van der Waals surface area contributed by atoms with Gasteiger partial charge in [0.15, 0.2) is 17.6 Å². The van der Waals surface area contributed by atoms with Gasteiger partial charge in [-0.25, -0.2) is 13.2 Å². The number of nitrogens with two attached hydrogens (primary N) is 1. The first-order chi connectivity index (χ1) is 10.1. The van der Waals surface area contributed by atoms with Gasteiger partial charge in [0.05, 0.1) is 12.6 Å². The van der Waals surface area contributed by atoms with Gasteiger partial charge in [0.2, 0.25) is 0 Å². The van der Waals surface area contributed by atoms with E-state index in [2.05, 4.69) is 4.99 Å². The summed E-state index contributed by atoms with van der Waals surface area (Å²) in [6, 6.07) is 9.10. The van der Waals surface area contributed by atoms with Crippen LogP contribution < -0.4 is 10.6 Å². The summed E-state index contributed by atoms with van der Waals surface area (Å²) in [5.74, 6) is -1.93. The molecule has 0 fully saturated rings. The molecule has 1 aliphatic rings. The first-order valence-corrected chi connectivity index (χ1v) is 6.36. The van der Waals surface area contributed by atoms with E-state index in [1.54, 1.807) is 17.0 Å². The molecule has 3 nitrogen and oxygen atoms in total. The Morgan fingerprint density at radius 2 is 1.71 bits per heavy atom. The van der Waals surface area contributed by atoms with Crippen molar-refractivity contribution < 1.29 is 13.2 Å². The zero-order valence-electron chi connectivity index (χ0n) is 10.9. The molecule has 108 valence electrons. The van der Waals surface area contributed by atoms with Crippen molar-refractivity contribution >= 4 is 11.6 Å². The Labute approximate surface area is 119 Å². The number of rotatable bonds is 2. The van der Waals surface area contributed by atoms with Crippen LogP contribution in [0, 0.1) is 17.5 Å². The molecule has 0 aliphatic carbocycles. The van der Waals surface area contributed by atoms with Gasteiger partial charge in [0.1, 0.15) is 5.82 Å². The highest BCUT2D eigenvalue weighted by atomic mass is 19.2. The van der Waals surface area contributed by atoms with Crippen molar-refractivity contribution in [3.8, 4) is 0 Å². The molecule has 6 heteroatoms. The van der Waals surface area contributed by atoms with E-state index in [4.69, 9.17) is 5.73 Å². The molecular formula is C15H12F3N3. The van der Waals surface area contributed by atoms with E-state index in [-0.39, 0.29) is 17.8 Å². The van der Waals surface area contributed by atoms with Crippen molar-refractivity contribution in [2.24, 2.45) is 10.7 Å². The van der Waals surface area contributed by atoms with Gasteiger partial charge in [-0.1, -0.05) is 6.07 Å². The third-order valence-electron chi connectivity index (χ3n) is 3.42. The molecule has 1 atom stereocenters. The van der Waals surface area contributed by atoms with Gasteiger partial charge in [-0.2, -0.15) is 0 Å². The standard InChI is InChI=1S/C15H12F3N3/c16-10-2-4-11(5-3-10)21-14(8-20-15(21)19)9-1-6-12(17)13(18)7-9/h1-7,14H,8H2,(H2,19,20). The zero-order valence-corrected chi connectivity index (χ0v) is 10.9. The van der Waals surface area contributed by atoms with E-state index in [9.17, 15) is 13.2 Å². The van der Waals surface area contributed by atoms with Gasteiger partial charge in [-0.05, 0) is 42.0 Å². The van der Waals surface area contributed by atoms with E-state index in [1.807, 2.05) is 0 Å². The van der Waals surface area contributed by atoms with Gasteiger partial charge < -0.3 is 10.6 Å². The fourth-order valence-electron chi connectivity index (χ4n) is 2.39. The van der Waals surface area contributed by atoms with Crippen molar-refractivity contribution in [3.63, 3.8) is 0 Å². The fraction of sp³-hybridized carbons (Fsp3) is 0.133. The second-order valence-electron chi connectivity index (χ2n) is 4.73. The number of hydrogen-bond acceptors (Lipinski definition) is 3. The molecule has 0 bridgehead atoms. The second-order valence-corrected chi connectivity index (χ2v) is 4.73. The largest absolute Gasteiger partial charge is 0.369 e. The van der Waals surface area contributed by atoms with E-state index >= 15 is 0 Å². The van der Waals surface area contributed by atoms with E-state index in [1.165, 1.54) is 18.2 Å². The number of aliphatic imine (C=N–C) groups is 1. The van der Waals surface area contributed by atoms with Crippen molar-refractivity contribution in [1.82, 2.24) is 0 Å². The lowest BCUT2D eigenvalue weighted by Gasteiger charge is -2.26. The van der Waals surface area contributed by atoms with Crippen molar-refractivity contribution in [3.05, 3.63) is 65.5 Å². The fourth-order valence-corrected chi connectivity index (χ4v) is 2.39. The van der Waals surface area contributed by atoms with Gasteiger partial charge in [-0.3, -0.25) is 4.99 Å². The van der Waals surface area contributed by atoms with E-state index in [0.717, 1.165) is 12.1 Å². The number of halogens is 3. The minimum Gasteiger partial charge on any atom is -0.369 e. The topological polar surface area (TPSA) is 41.6 Å². The lowest BCUT2D eigenvalue weighted by Crippen LogP contribution is -2.36. The molecule has 2 aromatic rings. The molecular weight excluding hydrogens is 279 g/mol. The third-order valence-corrected chi connectivity index (χ3v) is 3.42. The number of guanidine groups is 1. The average molecular weight is 291 g/mol. The summed E-state index contributed by atoms with van der Waals surface area (Å²) in [5.41, 5.74) is 7.06. The Hall–Kier alpha value is -2.50. The first-order valence-electron chi connectivity index (χ1n) is 6.36. The number of hydrogen-bond donors (Lipinski definition) is 1. The SMILES string of the molecule is NC1=NCC(c2ccc(F)c(F)c2)N1c1ccc(F)cc1. The van der Waals surface area contributed by atoms with Crippen LogP contribution in [0.2, 0.25) is 0 Å². The summed E-state index contributed by atoms with van der Waals surface area (Å²) in [5, 5.41) is 0. The summed E-state index contributed by atoms with van der Waals surface area (Å²) in [6.45, 7) is 0.328. The van der Waals surface area contributed by atoms with Crippen LogP contribution in [-0.4, -0.2) is 12.5 Å². The van der Waals surface area contributed by atoms with Crippen molar-refractivity contribution in [2.45, 2.75) is 6.04 Å². The summed E-state index contributed by atoms with van der Waals surface area (Å²) >= 11 is 0. The van der Waals surface area contributed by atoms with Crippen LogP contribution in [0.15, 0.2) is 47.5 Å². The van der Waals surface area contributed by atoms with Crippen LogP contribution in [0.4, 0.5) is 18.9 Å². The van der Waals surface area contributed by atoms with Crippen LogP contribution >= 0.6 is 0 Å². The number of nitrogens with zero attached hydrogens (tertiary/aromatic N) is 2. The molecule has 2 N–H and O–H groups in total. The second kappa shape index (κ2) is 5.12. The highest BCUT2D eigenvalue weighted by molar-refractivity contribution is 5.97. The maximum absolute atomic E-state index is 13.4. The minimum absolute atomic E-state index is 0.261. The zero-order chi connectivity index (χ0) is 15.0. The molecule has 1 heterocycles. The molecule has 0 radical (unpaired) electrons. The predicted octanol–water partition coefficient (Wildman–Crippen LogP) is 2.98. The minimum atomic E-state index is -0.919. The molecule has 0 saturated heterocycles. The van der Waals surface area contributed by atoms with Crippen LogP contribution in [-0.2, 0) is 0 Å². The number of benzene rings is 2. The molecule has 0 aromatic heterocycles. The molecule has 0 saturated carbocycles. The smallest absolute Gasteiger partial charge is 0.196 e. The number of anilines is 1. The summed E-state index contributed by atoms with van der Waals surface area (Å²) in [6.07, 6.45) is 0. The highest BCUT2D eigenvalue weighted by Gasteiger charge is 2.29. The Balaban J connectivity index is 1.98. The van der Waals surface area contributed by atoms with Gasteiger partial charge >= 0.3 is 0 Å². The van der Waals surface area contributed by atoms with Crippen LogP contribution in [0.5, 0.6) is 0 Å². The van der Waals surface area contributed by atoms with Crippen LogP contribution in [0.25, 0.3) is 0 Å². The monoisotopic (exact) mass is 291 g/mol. The maximum Gasteiger partial charge on any atom is 0.196 e. The normalized spacial score (nSPS) is 18.0.